The van der Waals surface area contributed by atoms with E-state index in [1.165, 1.54) is 18.3 Å². The number of aromatic nitrogens is 3. The van der Waals surface area contributed by atoms with Crippen LogP contribution in [0.4, 0.5) is 10.1 Å². The molecule has 0 spiro atoms. The molecule has 9 heteroatoms. The number of nitrogens with two attached hydrogens (primary N) is 1. The van der Waals surface area contributed by atoms with Gasteiger partial charge in [-0.05, 0) is 18.6 Å². The first-order chi connectivity index (χ1) is 9.50. The van der Waals surface area contributed by atoms with E-state index in [9.17, 15) is 12.8 Å². The van der Waals surface area contributed by atoms with E-state index in [-0.39, 0.29) is 12.2 Å². The summed E-state index contributed by atoms with van der Waals surface area (Å²) in [5, 5.41) is 7.37. The van der Waals surface area contributed by atoms with E-state index in [0.29, 0.717) is 13.0 Å². The Morgan fingerprint density at radius 1 is 1.40 bits per heavy atom. The van der Waals surface area contributed by atoms with Gasteiger partial charge < -0.3 is 5.73 Å². The van der Waals surface area contributed by atoms with Gasteiger partial charge in [0, 0.05) is 19.3 Å². The normalized spacial score (nSPS) is 11.7. The van der Waals surface area contributed by atoms with Crippen molar-refractivity contribution in [2.45, 2.75) is 17.9 Å². The Kier molecular flexibility index (Phi) is 4.30. The summed E-state index contributed by atoms with van der Waals surface area (Å²) in [7, 11) is -3.96. The fourth-order valence-corrected chi connectivity index (χ4v) is 2.94. The zero-order valence-corrected chi connectivity index (χ0v) is 11.3. The molecule has 0 saturated heterocycles. The van der Waals surface area contributed by atoms with Crippen LogP contribution in [0, 0.1) is 5.82 Å². The third kappa shape index (κ3) is 3.31. The average Bonchev–Trinajstić information content (AvgIpc) is 2.87. The highest BCUT2D eigenvalue weighted by Gasteiger charge is 2.21. The van der Waals surface area contributed by atoms with Crippen LogP contribution >= 0.6 is 0 Å². The van der Waals surface area contributed by atoms with Crippen LogP contribution in [0.3, 0.4) is 0 Å². The van der Waals surface area contributed by atoms with Gasteiger partial charge in [-0.2, -0.15) is 0 Å². The molecule has 7 nitrogen and oxygen atoms in total. The highest BCUT2D eigenvalue weighted by molar-refractivity contribution is 7.89. The smallest absolute Gasteiger partial charge is 0.245 e. The molecule has 1 heterocycles. The van der Waals surface area contributed by atoms with Gasteiger partial charge in [-0.1, -0.05) is 11.3 Å². The Hall–Kier alpha value is -2.00. The van der Waals surface area contributed by atoms with Gasteiger partial charge in [-0.25, -0.2) is 17.5 Å². The molecular formula is C11H14FN5O2S. The maximum Gasteiger partial charge on any atom is 0.245 e. The summed E-state index contributed by atoms with van der Waals surface area (Å²) in [6.07, 6.45) is 3.70. The third-order valence-corrected chi connectivity index (χ3v) is 4.15. The Morgan fingerprint density at radius 3 is 2.85 bits per heavy atom. The highest BCUT2D eigenvalue weighted by Crippen LogP contribution is 2.21. The fourth-order valence-electron chi connectivity index (χ4n) is 1.68. The Balaban J connectivity index is 1.97. The van der Waals surface area contributed by atoms with Crippen molar-refractivity contribution in [1.82, 2.24) is 19.7 Å². The van der Waals surface area contributed by atoms with E-state index in [1.807, 2.05) is 0 Å². The highest BCUT2D eigenvalue weighted by atomic mass is 32.2. The van der Waals surface area contributed by atoms with E-state index in [4.69, 9.17) is 5.73 Å². The lowest BCUT2D eigenvalue weighted by Crippen LogP contribution is -2.27. The lowest BCUT2D eigenvalue weighted by Gasteiger charge is -2.09. The molecule has 1 aromatic heterocycles. The number of nitrogens with one attached hydrogen (secondary N) is 1. The van der Waals surface area contributed by atoms with Crippen molar-refractivity contribution >= 4 is 15.7 Å². The summed E-state index contributed by atoms with van der Waals surface area (Å²) >= 11 is 0. The van der Waals surface area contributed by atoms with Crippen LogP contribution in [0.2, 0.25) is 0 Å². The minimum atomic E-state index is -3.96. The number of sulfonamides is 1. The zero-order valence-electron chi connectivity index (χ0n) is 10.5. The van der Waals surface area contributed by atoms with Gasteiger partial charge in [0.25, 0.3) is 0 Å². The SMILES string of the molecule is Nc1cccc(F)c1S(=O)(=O)NCCCn1ccnn1. The van der Waals surface area contributed by atoms with Gasteiger partial charge >= 0.3 is 0 Å². The summed E-state index contributed by atoms with van der Waals surface area (Å²) in [6.45, 7) is 0.658. The molecule has 0 bridgehead atoms. The Bertz CT molecular complexity index is 652. The minimum absolute atomic E-state index is 0.117. The molecular weight excluding hydrogens is 285 g/mol. The van der Waals surface area contributed by atoms with Crippen molar-refractivity contribution in [3.05, 3.63) is 36.4 Å². The van der Waals surface area contributed by atoms with E-state index < -0.39 is 20.7 Å². The minimum Gasteiger partial charge on any atom is -0.398 e. The largest absolute Gasteiger partial charge is 0.398 e. The van der Waals surface area contributed by atoms with Crippen molar-refractivity contribution in [2.75, 3.05) is 12.3 Å². The molecule has 108 valence electrons. The van der Waals surface area contributed by atoms with E-state index in [2.05, 4.69) is 15.0 Å². The van der Waals surface area contributed by atoms with Gasteiger partial charge in [-0.15, -0.1) is 5.10 Å². The summed E-state index contributed by atoms with van der Waals surface area (Å²) < 4.78 is 41.4. The van der Waals surface area contributed by atoms with Crippen molar-refractivity contribution < 1.29 is 12.8 Å². The standard InChI is InChI=1S/C11H14FN5O2S/c12-9-3-1-4-10(13)11(9)20(18,19)15-5-2-7-17-8-6-14-16-17/h1,3-4,6,8,15H,2,5,7,13H2. The quantitative estimate of drug-likeness (QED) is 0.592. The van der Waals surface area contributed by atoms with Gasteiger partial charge in [0.15, 0.2) is 0 Å². The van der Waals surface area contributed by atoms with Gasteiger partial charge in [-0.3, -0.25) is 4.68 Å². The number of nitrogens with zero attached hydrogens (tertiary/aromatic N) is 3. The molecule has 0 unspecified atom stereocenters. The number of aryl methyl sites for hydroxylation is 1. The molecule has 3 N–H and O–H groups in total. The van der Waals surface area contributed by atoms with Gasteiger partial charge in [0.05, 0.1) is 11.9 Å². The molecule has 0 atom stereocenters. The number of halogens is 1. The topological polar surface area (TPSA) is 103 Å². The molecule has 0 radical (unpaired) electrons. The molecule has 0 aliphatic heterocycles. The molecule has 0 saturated carbocycles. The molecule has 20 heavy (non-hydrogen) atoms. The molecule has 2 aromatic rings. The first-order valence-electron chi connectivity index (χ1n) is 5.88. The molecule has 0 aliphatic carbocycles. The lowest BCUT2D eigenvalue weighted by molar-refractivity contribution is 0.535. The predicted molar refractivity (Wildman–Crippen MR) is 70.6 cm³/mol. The second-order valence-corrected chi connectivity index (χ2v) is 5.78. The molecule has 1 aromatic carbocycles. The summed E-state index contributed by atoms with van der Waals surface area (Å²) in [5.41, 5.74) is 5.39. The Labute approximate surface area is 115 Å². The number of hydrogen-bond acceptors (Lipinski definition) is 5. The van der Waals surface area contributed by atoms with Crippen LogP contribution in [0.25, 0.3) is 0 Å². The predicted octanol–water partition coefficient (Wildman–Crippen LogP) is 0.368. The maximum atomic E-state index is 13.6. The molecule has 0 fully saturated rings. The van der Waals surface area contributed by atoms with Crippen molar-refractivity contribution in [3.8, 4) is 0 Å². The van der Waals surface area contributed by atoms with E-state index >= 15 is 0 Å². The molecule has 2 rings (SSSR count). The maximum absolute atomic E-state index is 13.6. The van der Waals surface area contributed by atoms with Crippen molar-refractivity contribution in [2.24, 2.45) is 0 Å². The van der Waals surface area contributed by atoms with Crippen LogP contribution in [0.1, 0.15) is 6.42 Å². The van der Waals surface area contributed by atoms with E-state index in [1.54, 1.807) is 10.9 Å². The summed E-state index contributed by atoms with van der Waals surface area (Å²) in [6, 6.07) is 3.75. The Morgan fingerprint density at radius 2 is 2.20 bits per heavy atom. The number of benzene rings is 1. The lowest BCUT2D eigenvalue weighted by atomic mass is 10.3. The van der Waals surface area contributed by atoms with Gasteiger partial charge in [0.2, 0.25) is 10.0 Å². The monoisotopic (exact) mass is 299 g/mol. The molecule has 0 aliphatic rings. The van der Waals surface area contributed by atoms with E-state index in [0.717, 1.165) is 6.07 Å². The third-order valence-electron chi connectivity index (χ3n) is 2.59. The fraction of sp³-hybridized carbons (Fsp3) is 0.273. The summed E-state index contributed by atoms with van der Waals surface area (Å²) in [5.74, 6) is -0.867. The second kappa shape index (κ2) is 5.97. The average molecular weight is 299 g/mol. The van der Waals surface area contributed by atoms with Crippen LogP contribution in [-0.2, 0) is 16.6 Å². The van der Waals surface area contributed by atoms with Crippen LogP contribution < -0.4 is 10.5 Å². The first kappa shape index (κ1) is 14.4. The number of nitrogen functional groups attached to an aromatic ring is 1. The first-order valence-corrected chi connectivity index (χ1v) is 7.37. The van der Waals surface area contributed by atoms with Crippen molar-refractivity contribution in [3.63, 3.8) is 0 Å². The number of rotatable bonds is 6. The number of anilines is 1. The molecule has 0 amide bonds. The number of hydrogen-bond donors (Lipinski definition) is 2. The van der Waals surface area contributed by atoms with Crippen molar-refractivity contribution in [1.29, 1.82) is 0 Å². The van der Waals surface area contributed by atoms with Crippen LogP contribution in [0.5, 0.6) is 0 Å². The zero-order chi connectivity index (χ0) is 14.6. The van der Waals surface area contributed by atoms with Crippen LogP contribution in [-0.4, -0.2) is 30.0 Å². The summed E-state index contributed by atoms with van der Waals surface area (Å²) in [4.78, 5) is -0.513. The second-order valence-electron chi connectivity index (χ2n) is 4.08. The van der Waals surface area contributed by atoms with Gasteiger partial charge in [0.1, 0.15) is 10.7 Å². The van der Waals surface area contributed by atoms with Crippen LogP contribution in [0.15, 0.2) is 35.5 Å².